The normalized spacial score (nSPS) is 10.6. The van der Waals surface area contributed by atoms with E-state index in [9.17, 15) is 19.7 Å². The fourth-order valence-corrected chi connectivity index (χ4v) is 2.25. The molecule has 110 valence electrons. The molecule has 0 spiro atoms. The number of fused-ring (bicyclic) bond motifs is 1. The molecule has 0 unspecified atom stereocenters. The first kappa shape index (κ1) is 14.7. The van der Waals surface area contributed by atoms with Gasteiger partial charge in [0.25, 0.3) is 0 Å². The van der Waals surface area contributed by atoms with E-state index < -0.39 is 10.5 Å². The second-order valence-electron chi connectivity index (χ2n) is 4.39. The maximum absolute atomic E-state index is 11.6. The molecule has 0 atom stereocenters. The highest BCUT2D eigenvalue weighted by Gasteiger charge is 2.24. The molecular weight excluding hydrogens is 276 g/mol. The molecule has 0 radical (unpaired) electrons. The summed E-state index contributed by atoms with van der Waals surface area (Å²) in [6, 6.07) is 4.50. The zero-order chi connectivity index (χ0) is 15.6. The van der Waals surface area contributed by atoms with Gasteiger partial charge in [0.2, 0.25) is 5.58 Å². The van der Waals surface area contributed by atoms with Crippen LogP contribution in [0.4, 0.5) is 11.4 Å². The van der Waals surface area contributed by atoms with Crippen LogP contribution in [-0.2, 0) is 0 Å². The zero-order valence-corrected chi connectivity index (χ0v) is 11.7. The van der Waals surface area contributed by atoms with E-state index in [4.69, 9.17) is 4.42 Å². The minimum absolute atomic E-state index is 0.111. The minimum Gasteiger partial charge on any atom is -0.415 e. The van der Waals surface area contributed by atoms with Crippen molar-refractivity contribution in [3.05, 3.63) is 44.3 Å². The fraction of sp³-hybridized carbons (Fsp3) is 0.286. The van der Waals surface area contributed by atoms with Crippen LogP contribution in [0.3, 0.4) is 0 Å². The number of hydrogen-bond acceptors (Lipinski definition) is 6. The molecule has 7 heteroatoms. The summed E-state index contributed by atoms with van der Waals surface area (Å²) in [5.41, 5.74) is -1.02. The maximum atomic E-state index is 11.6. The van der Waals surface area contributed by atoms with Gasteiger partial charge in [-0.2, -0.15) is 0 Å². The van der Waals surface area contributed by atoms with Crippen molar-refractivity contribution in [2.24, 2.45) is 0 Å². The van der Waals surface area contributed by atoms with Crippen LogP contribution in [0, 0.1) is 10.1 Å². The second kappa shape index (κ2) is 5.74. The van der Waals surface area contributed by atoms with Gasteiger partial charge in [0.15, 0.2) is 6.29 Å². The number of benzene rings is 1. The van der Waals surface area contributed by atoms with Crippen LogP contribution in [0.1, 0.15) is 24.2 Å². The minimum atomic E-state index is -0.878. The summed E-state index contributed by atoms with van der Waals surface area (Å²) in [7, 11) is 0. The number of nitro groups is 1. The van der Waals surface area contributed by atoms with Crippen molar-refractivity contribution < 1.29 is 14.1 Å². The molecule has 0 saturated heterocycles. The number of carbonyl (C=O) groups is 1. The van der Waals surface area contributed by atoms with Gasteiger partial charge in [-0.1, -0.05) is 0 Å². The van der Waals surface area contributed by atoms with Gasteiger partial charge < -0.3 is 9.32 Å². The Hall–Kier alpha value is -2.70. The van der Waals surface area contributed by atoms with Crippen LogP contribution in [0.5, 0.6) is 0 Å². The molecule has 7 nitrogen and oxygen atoms in total. The van der Waals surface area contributed by atoms with E-state index in [1.165, 1.54) is 6.07 Å². The monoisotopic (exact) mass is 290 g/mol. The molecule has 21 heavy (non-hydrogen) atoms. The number of anilines is 1. The van der Waals surface area contributed by atoms with Gasteiger partial charge >= 0.3 is 11.3 Å². The number of hydrogen-bond donors (Lipinski definition) is 0. The molecule has 0 aliphatic heterocycles. The fourth-order valence-electron chi connectivity index (χ4n) is 2.25. The van der Waals surface area contributed by atoms with E-state index in [-0.39, 0.29) is 16.8 Å². The average molecular weight is 290 g/mol. The van der Waals surface area contributed by atoms with Crippen molar-refractivity contribution in [1.82, 2.24) is 0 Å². The quantitative estimate of drug-likeness (QED) is 0.363. The van der Waals surface area contributed by atoms with Crippen molar-refractivity contribution >= 4 is 28.6 Å². The van der Waals surface area contributed by atoms with Crippen molar-refractivity contribution in [3.63, 3.8) is 0 Å². The van der Waals surface area contributed by atoms with E-state index in [2.05, 4.69) is 0 Å². The molecule has 1 aromatic carbocycles. The molecule has 2 rings (SSSR count). The lowest BCUT2D eigenvalue weighted by molar-refractivity contribution is -0.382. The van der Waals surface area contributed by atoms with Crippen LogP contribution in [0.2, 0.25) is 0 Å². The molecule has 2 aromatic rings. The van der Waals surface area contributed by atoms with Gasteiger partial charge in [-0.05, 0) is 32.0 Å². The first-order valence-corrected chi connectivity index (χ1v) is 6.48. The van der Waals surface area contributed by atoms with Crippen LogP contribution in [0.25, 0.3) is 11.0 Å². The summed E-state index contributed by atoms with van der Waals surface area (Å²) in [4.78, 5) is 35.0. The third-order valence-electron chi connectivity index (χ3n) is 3.30. The summed E-state index contributed by atoms with van der Waals surface area (Å²) in [5, 5.41) is 11.7. The van der Waals surface area contributed by atoms with Crippen LogP contribution in [-0.4, -0.2) is 24.3 Å². The number of rotatable bonds is 5. The molecule has 0 saturated carbocycles. The first-order valence-electron chi connectivity index (χ1n) is 6.48. The van der Waals surface area contributed by atoms with Gasteiger partial charge in [-0.25, -0.2) is 4.79 Å². The number of carbonyl (C=O) groups excluding carboxylic acids is 1. The van der Waals surface area contributed by atoms with Gasteiger partial charge in [0.1, 0.15) is 11.3 Å². The topological polar surface area (TPSA) is 93.7 Å². The molecule has 0 N–H and O–H groups in total. The summed E-state index contributed by atoms with van der Waals surface area (Å²) < 4.78 is 5.00. The molecular formula is C14H14N2O5. The van der Waals surface area contributed by atoms with Crippen molar-refractivity contribution in [2.75, 3.05) is 18.0 Å². The lowest BCUT2D eigenvalue weighted by Gasteiger charge is -2.20. The SMILES string of the molecule is CCN(CC)c1ccc2cc(C=O)c(=O)oc2c1[N+](=O)[O-]. The highest BCUT2D eigenvalue weighted by molar-refractivity contribution is 5.94. The highest BCUT2D eigenvalue weighted by Crippen LogP contribution is 2.35. The lowest BCUT2D eigenvalue weighted by Crippen LogP contribution is -2.23. The average Bonchev–Trinajstić information content (AvgIpc) is 2.47. The largest absolute Gasteiger partial charge is 0.415 e. The summed E-state index contributed by atoms with van der Waals surface area (Å²) in [6.45, 7) is 4.92. The number of nitrogens with zero attached hydrogens (tertiary/aromatic N) is 2. The van der Waals surface area contributed by atoms with E-state index in [1.54, 1.807) is 17.0 Å². The Morgan fingerprint density at radius 3 is 2.52 bits per heavy atom. The molecule has 0 amide bonds. The van der Waals surface area contributed by atoms with Crippen LogP contribution < -0.4 is 10.5 Å². The molecule has 1 aromatic heterocycles. The Kier molecular flexibility index (Phi) is 4.02. The lowest BCUT2D eigenvalue weighted by atomic mass is 10.1. The van der Waals surface area contributed by atoms with Crippen LogP contribution in [0.15, 0.2) is 27.4 Å². The van der Waals surface area contributed by atoms with Crippen molar-refractivity contribution in [1.29, 1.82) is 0 Å². The molecule has 0 aliphatic carbocycles. The smallest absolute Gasteiger partial charge is 0.347 e. The molecule has 0 aliphatic rings. The van der Waals surface area contributed by atoms with Gasteiger partial charge in [0.05, 0.1) is 4.92 Å². The summed E-state index contributed by atoms with van der Waals surface area (Å²) in [6.07, 6.45) is 0.370. The van der Waals surface area contributed by atoms with E-state index in [0.717, 1.165) is 0 Å². The molecule has 0 fully saturated rings. The van der Waals surface area contributed by atoms with Gasteiger partial charge in [-0.15, -0.1) is 0 Å². The Labute approximate surface area is 119 Å². The molecule has 1 heterocycles. The predicted octanol–water partition coefficient (Wildman–Crippen LogP) is 2.36. The Morgan fingerprint density at radius 1 is 1.33 bits per heavy atom. The summed E-state index contributed by atoms with van der Waals surface area (Å²) >= 11 is 0. The predicted molar refractivity (Wildman–Crippen MR) is 78.1 cm³/mol. The first-order chi connectivity index (χ1) is 10.0. The van der Waals surface area contributed by atoms with Gasteiger partial charge in [-0.3, -0.25) is 14.9 Å². The maximum Gasteiger partial charge on any atom is 0.347 e. The standard InChI is InChI=1S/C14H14N2O5/c1-3-15(4-2)11-6-5-9-7-10(8-17)14(18)21-13(9)12(11)16(19)20/h5-8H,3-4H2,1-2H3. The van der Waals surface area contributed by atoms with Gasteiger partial charge in [0, 0.05) is 18.5 Å². The third kappa shape index (κ3) is 2.49. The van der Waals surface area contributed by atoms with Crippen molar-refractivity contribution in [3.8, 4) is 0 Å². The third-order valence-corrected chi connectivity index (χ3v) is 3.30. The Bertz CT molecular complexity index is 762. The van der Waals surface area contributed by atoms with E-state index in [1.807, 2.05) is 13.8 Å². The Morgan fingerprint density at radius 2 is 2.00 bits per heavy atom. The Balaban J connectivity index is 2.85. The van der Waals surface area contributed by atoms with Crippen molar-refractivity contribution in [2.45, 2.75) is 13.8 Å². The van der Waals surface area contributed by atoms with E-state index in [0.29, 0.717) is 30.4 Å². The van der Waals surface area contributed by atoms with Crippen LogP contribution >= 0.6 is 0 Å². The molecule has 0 bridgehead atoms. The number of nitro benzene ring substituents is 1. The van der Waals surface area contributed by atoms with E-state index >= 15 is 0 Å². The zero-order valence-electron chi connectivity index (χ0n) is 11.7. The number of aldehydes is 1. The second-order valence-corrected chi connectivity index (χ2v) is 4.39. The highest BCUT2D eigenvalue weighted by atomic mass is 16.6. The summed E-state index contributed by atoms with van der Waals surface area (Å²) in [5.74, 6) is 0.